The molecule has 1 aliphatic heterocycles. The predicted molar refractivity (Wildman–Crippen MR) is 82.9 cm³/mol. The van der Waals surface area contributed by atoms with Gasteiger partial charge in [-0.2, -0.15) is 5.26 Å². The average Bonchev–Trinajstić information content (AvgIpc) is 2.85. The third-order valence-corrected chi connectivity index (χ3v) is 4.61. The molecule has 0 radical (unpaired) electrons. The van der Waals surface area contributed by atoms with Gasteiger partial charge in [0, 0.05) is 18.8 Å². The second-order valence-electron chi connectivity index (χ2n) is 5.84. The van der Waals surface area contributed by atoms with Gasteiger partial charge in [-0.25, -0.2) is 4.98 Å². The van der Waals surface area contributed by atoms with Crippen molar-refractivity contribution in [3.05, 3.63) is 35.8 Å². The van der Waals surface area contributed by atoms with Gasteiger partial charge in [0.05, 0.1) is 17.5 Å². The van der Waals surface area contributed by atoms with E-state index in [9.17, 15) is 5.26 Å². The zero-order chi connectivity index (χ0) is 14.8. The van der Waals surface area contributed by atoms with Crippen molar-refractivity contribution in [2.75, 3.05) is 6.54 Å². The Balaban J connectivity index is 2.06. The second-order valence-corrected chi connectivity index (χ2v) is 5.84. The van der Waals surface area contributed by atoms with E-state index in [1.54, 1.807) is 0 Å². The highest BCUT2D eigenvalue weighted by molar-refractivity contribution is 5.44. The monoisotopic (exact) mass is 282 g/mol. The molecule has 3 rings (SSSR count). The number of hydrogen-bond donors (Lipinski definition) is 0. The molecule has 1 saturated heterocycles. The van der Waals surface area contributed by atoms with Crippen molar-refractivity contribution in [1.82, 2.24) is 14.3 Å². The molecule has 1 aliphatic rings. The Hall–Kier alpha value is -1.86. The van der Waals surface area contributed by atoms with E-state index in [-0.39, 0.29) is 6.04 Å². The average molecular weight is 282 g/mol. The summed E-state index contributed by atoms with van der Waals surface area (Å²) in [6.07, 6.45) is 6.78. The summed E-state index contributed by atoms with van der Waals surface area (Å²) in [5, 5.41) is 9.81. The summed E-state index contributed by atoms with van der Waals surface area (Å²) >= 11 is 0. The van der Waals surface area contributed by atoms with Crippen molar-refractivity contribution in [1.29, 1.82) is 5.26 Å². The molecule has 4 nitrogen and oxygen atoms in total. The van der Waals surface area contributed by atoms with E-state index in [1.807, 2.05) is 31.3 Å². The van der Waals surface area contributed by atoms with E-state index in [0.717, 1.165) is 30.0 Å². The maximum atomic E-state index is 9.81. The Morgan fingerprint density at radius 1 is 1.43 bits per heavy atom. The number of fused-ring (bicyclic) bond motifs is 1. The smallest absolute Gasteiger partial charge is 0.141 e. The lowest BCUT2D eigenvalue weighted by Crippen LogP contribution is -2.41. The Labute approximate surface area is 126 Å². The lowest BCUT2D eigenvalue weighted by atomic mass is 9.96. The van der Waals surface area contributed by atoms with E-state index in [2.05, 4.69) is 27.3 Å². The van der Waals surface area contributed by atoms with E-state index in [0.29, 0.717) is 6.04 Å². The molecular formula is C17H22N4. The fourth-order valence-electron chi connectivity index (χ4n) is 3.56. The molecule has 0 amide bonds. The highest BCUT2D eigenvalue weighted by atomic mass is 15.2. The maximum Gasteiger partial charge on any atom is 0.141 e. The summed E-state index contributed by atoms with van der Waals surface area (Å²) in [5.74, 6) is 0. The van der Waals surface area contributed by atoms with Gasteiger partial charge in [-0.15, -0.1) is 0 Å². The van der Waals surface area contributed by atoms with Gasteiger partial charge in [0.25, 0.3) is 0 Å². The van der Waals surface area contributed by atoms with E-state index in [1.165, 1.54) is 19.3 Å². The lowest BCUT2D eigenvalue weighted by molar-refractivity contribution is 0.114. The van der Waals surface area contributed by atoms with Crippen molar-refractivity contribution in [2.24, 2.45) is 0 Å². The fraction of sp³-hybridized carbons (Fsp3) is 0.529. The van der Waals surface area contributed by atoms with Crippen LogP contribution < -0.4 is 0 Å². The third kappa shape index (κ3) is 2.43. The molecule has 4 heteroatoms. The zero-order valence-corrected chi connectivity index (χ0v) is 12.8. The first-order valence-electron chi connectivity index (χ1n) is 7.85. The van der Waals surface area contributed by atoms with Crippen LogP contribution in [0.1, 0.15) is 50.0 Å². The van der Waals surface area contributed by atoms with Crippen molar-refractivity contribution >= 4 is 5.65 Å². The van der Waals surface area contributed by atoms with Gasteiger partial charge in [-0.1, -0.05) is 19.4 Å². The van der Waals surface area contributed by atoms with Gasteiger partial charge in [0.1, 0.15) is 11.7 Å². The number of piperidine rings is 1. The van der Waals surface area contributed by atoms with Crippen LogP contribution in [0.3, 0.4) is 0 Å². The van der Waals surface area contributed by atoms with E-state index < -0.39 is 0 Å². The topological polar surface area (TPSA) is 44.3 Å². The minimum absolute atomic E-state index is 0.201. The normalized spacial score (nSPS) is 21.3. The van der Waals surface area contributed by atoms with Gasteiger partial charge in [-0.3, -0.25) is 4.90 Å². The molecule has 2 aromatic heterocycles. The molecular weight excluding hydrogens is 260 g/mol. The molecule has 110 valence electrons. The second kappa shape index (κ2) is 5.87. The highest BCUT2D eigenvalue weighted by Gasteiger charge is 2.31. The number of nitriles is 1. The molecule has 0 N–H and O–H groups in total. The van der Waals surface area contributed by atoms with Crippen molar-refractivity contribution in [3.63, 3.8) is 0 Å². The van der Waals surface area contributed by atoms with Crippen LogP contribution in [0.4, 0.5) is 0 Å². The molecule has 3 heterocycles. The minimum atomic E-state index is -0.201. The lowest BCUT2D eigenvalue weighted by Gasteiger charge is -2.38. The maximum absolute atomic E-state index is 9.81. The summed E-state index contributed by atoms with van der Waals surface area (Å²) in [7, 11) is 0. The van der Waals surface area contributed by atoms with Crippen LogP contribution in [0.2, 0.25) is 0 Å². The Kier molecular flexibility index (Phi) is 3.94. The molecule has 1 fully saturated rings. The number of nitrogens with zero attached hydrogens (tertiary/aromatic N) is 4. The van der Waals surface area contributed by atoms with E-state index in [4.69, 9.17) is 0 Å². The molecule has 0 bridgehead atoms. The number of likely N-dealkylation sites (tertiary alicyclic amines) is 1. The first-order valence-corrected chi connectivity index (χ1v) is 7.85. The summed E-state index contributed by atoms with van der Waals surface area (Å²) in [6.45, 7) is 5.24. The van der Waals surface area contributed by atoms with Crippen LogP contribution in [0.5, 0.6) is 0 Å². The quantitative estimate of drug-likeness (QED) is 0.865. The number of rotatable bonds is 3. The molecule has 0 spiro atoms. The van der Waals surface area contributed by atoms with Crippen LogP contribution in [0.25, 0.3) is 5.65 Å². The molecule has 21 heavy (non-hydrogen) atoms. The Morgan fingerprint density at radius 2 is 2.29 bits per heavy atom. The molecule has 2 atom stereocenters. The third-order valence-electron chi connectivity index (χ3n) is 4.61. The number of pyridine rings is 1. The first kappa shape index (κ1) is 14.1. The highest BCUT2D eigenvalue weighted by Crippen LogP contribution is 2.31. The van der Waals surface area contributed by atoms with E-state index >= 15 is 0 Å². The van der Waals surface area contributed by atoms with Crippen LogP contribution in [-0.4, -0.2) is 26.9 Å². The number of hydrogen-bond acceptors (Lipinski definition) is 3. The first-order chi connectivity index (χ1) is 10.3. The Bertz CT molecular complexity index is 667. The molecule has 0 saturated carbocycles. The van der Waals surface area contributed by atoms with Gasteiger partial charge >= 0.3 is 0 Å². The predicted octanol–water partition coefficient (Wildman–Crippen LogP) is 3.47. The van der Waals surface area contributed by atoms with Crippen molar-refractivity contribution in [2.45, 2.75) is 51.6 Å². The van der Waals surface area contributed by atoms with Crippen LogP contribution in [0.15, 0.2) is 24.4 Å². The molecule has 2 aromatic rings. The summed E-state index contributed by atoms with van der Waals surface area (Å²) in [6, 6.07) is 8.83. The molecule has 2 unspecified atom stereocenters. The summed E-state index contributed by atoms with van der Waals surface area (Å²) < 4.78 is 2.07. The van der Waals surface area contributed by atoms with Crippen molar-refractivity contribution < 1.29 is 0 Å². The number of aromatic nitrogens is 2. The largest absolute Gasteiger partial charge is 0.301 e. The zero-order valence-electron chi connectivity index (χ0n) is 12.8. The van der Waals surface area contributed by atoms with Gasteiger partial charge in [0.2, 0.25) is 0 Å². The minimum Gasteiger partial charge on any atom is -0.301 e. The molecule has 0 aromatic carbocycles. The summed E-state index contributed by atoms with van der Waals surface area (Å²) in [4.78, 5) is 6.99. The van der Waals surface area contributed by atoms with Gasteiger partial charge < -0.3 is 4.40 Å². The van der Waals surface area contributed by atoms with Crippen molar-refractivity contribution in [3.8, 4) is 6.07 Å². The van der Waals surface area contributed by atoms with Gasteiger partial charge in [0.15, 0.2) is 0 Å². The summed E-state index contributed by atoms with van der Waals surface area (Å²) in [5.41, 5.74) is 2.93. The Morgan fingerprint density at radius 3 is 3.05 bits per heavy atom. The van der Waals surface area contributed by atoms with Crippen LogP contribution >= 0.6 is 0 Å². The fourth-order valence-corrected chi connectivity index (χ4v) is 3.56. The number of aryl methyl sites for hydroxylation is 1. The van der Waals surface area contributed by atoms with Gasteiger partial charge in [-0.05, 0) is 38.3 Å². The number of imidazole rings is 1. The molecule has 0 aliphatic carbocycles. The van der Waals surface area contributed by atoms with Crippen LogP contribution in [0, 0.1) is 18.3 Å². The standard InChI is InChI=1S/C17H22N4/c1-3-14-8-4-6-10-20(14)15(12-18)17-13(2)19-16-9-5-7-11-21(16)17/h5,7,9,11,14-15H,3-4,6,8,10H2,1-2H3. The SMILES string of the molecule is CCC1CCCCN1C(C#N)c1c(C)nc2ccccn12. The van der Waals surface area contributed by atoms with Crippen LogP contribution in [-0.2, 0) is 0 Å².